The van der Waals surface area contributed by atoms with Crippen molar-refractivity contribution >= 4 is 56.9 Å². The predicted molar refractivity (Wildman–Crippen MR) is 149 cm³/mol. The number of carbonyl (C=O) groups excluding carboxylic acids is 1. The van der Waals surface area contributed by atoms with Crippen LogP contribution in [0.4, 0.5) is 5.69 Å². The number of pyridine rings is 1. The Bertz CT molecular complexity index is 1190. The number of fused-ring (bicyclic) bond motifs is 1. The Morgan fingerprint density at radius 3 is 2.51 bits per heavy atom. The van der Waals surface area contributed by atoms with Crippen molar-refractivity contribution in [2.45, 2.75) is 32.6 Å². The van der Waals surface area contributed by atoms with Crippen LogP contribution in [0.5, 0.6) is 0 Å². The smallest absolute Gasteiger partial charge is 0.266 e. The maximum Gasteiger partial charge on any atom is 0.266 e. The zero-order valence-electron chi connectivity index (χ0n) is 20.5. The Morgan fingerprint density at radius 2 is 1.80 bits per heavy atom. The van der Waals surface area contributed by atoms with Gasteiger partial charge in [0.05, 0.1) is 28.3 Å². The van der Waals surface area contributed by atoms with E-state index < -0.39 is 0 Å². The van der Waals surface area contributed by atoms with E-state index in [2.05, 4.69) is 16.7 Å². The zero-order valence-corrected chi connectivity index (χ0v) is 22.2. The molecule has 0 atom stereocenters. The molecule has 1 N–H and O–H groups in total. The summed E-state index contributed by atoms with van der Waals surface area (Å²) in [6.45, 7) is 6.69. The van der Waals surface area contributed by atoms with Crippen LogP contribution in [0.25, 0.3) is 17.0 Å². The standard InChI is InChI=1S/C26H34N4O3S2/c1-3-4-5-8-11-30-25(33)22(35-26(30)34)18-20-23(29-14-12-28(13-15-29)16-17-31)19-9-6-7-10-21(19)27(2)24(20)32/h6-7,9-10,18,31H,3-5,8,11-17H2,1-2H3. The van der Waals surface area contributed by atoms with Gasteiger partial charge in [0.2, 0.25) is 0 Å². The highest BCUT2D eigenvalue weighted by molar-refractivity contribution is 8.26. The molecule has 1 aromatic carbocycles. The molecule has 1 aromatic heterocycles. The first-order valence-corrected chi connectivity index (χ1v) is 13.6. The first kappa shape index (κ1) is 25.9. The van der Waals surface area contributed by atoms with Crippen molar-refractivity contribution in [2.24, 2.45) is 7.05 Å². The lowest BCUT2D eigenvalue weighted by Gasteiger charge is -2.37. The number of aromatic nitrogens is 1. The third-order valence-electron chi connectivity index (χ3n) is 6.80. The fourth-order valence-corrected chi connectivity index (χ4v) is 6.12. The molecule has 0 bridgehead atoms. The molecule has 0 spiro atoms. The second kappa shape index (κ2) is 11.7. The summed E-state index contributed by atoms with van der Waals surface area (Å²) in [6, 6.07) is 7.92. The van der Waals surface area contributed by atoms with Crippen molar-refractivity contribution in [2.75, 3.05) is 50.8 Å². The SMILES string of the molecule is CCCCCCN1C(=O)C(=Cc2c(N3CCN(CCO)CC3)c3ccccc3n(C)c2=O)SC1=S. The molecule has 1 amide bonds. The van der Waals surface area contributed by atoms with Crippen molar-refractivity contribution in [3.8, 4) is 0 Å². The van der Waals surface area contributed by atoms with Gasteiger partial charge in [-0.25, -0.2) is 0 Å². The zero-order chi connectivity index (χ0) is 24.9. The summed E-state index contributed by atoms with van der Waals surface area (Å²) in [5.41, 5.74) is 2.16. The summed E-state index contributed by atoms with van der Waals surface area (Å²) in [5.74, 6) is -0.106. The van der Waals surface area contributed by atoms with Gasteiger partial charge in [-0.15, -0.1) is 0 Å². The van der Waals surface area contributed by atoms with Crippen LogP contribution in [-0.2, 0) is 11.8 Å². The van der Waals surface area contributed by atoms with Gasteiger partial charge >= 0.3 is 0 Å². The number of para-hydroxylation sites is 1. The van der Waals surface area contributed by atoms with E-state index in [1.54, 1.807) is 22.6 Å². The monoisotopic (exact) mass is 514 g/mol. The molecule has 4 rings (SSSR count). The molecule has 0 radical (unpaired) electrons. The Labute approximate surface area is 216 Å². The van der Waals surface area contributed by atoms with Crippen LogP contribution in [0.2, 0.25) is 0 Å². The third kappa shape index (κ3) is 5.48. The summed E-state index contributed by atoms with van der Waals surface area (Å²) >= 11 is 6.82. The number of rotatable bonds is 9. The summed E-state index contributed by atoms with van der Waals surface area (Å²) < 4.78 is 2.23. The second-order valence-corrected chi connectivity index (χ2v) is 10.8. The Hall–Kier alpha value is -2.20. The first-order chi connectivity index (χ1) is 17.0. The van der Waals surface area contributed by atoms with Gasteiger partial charge in [0, 0.05) is 51.7 Å². The number of thiocarbonyl (C=S) groups is 1. The highest BCUT2D eigenvalue weighted by atomic mass is 32.2. The van der Waals surface area contributed by atoms with E-state index in [0.29, 0.717) is 27.9 Å². The molecule has 7 nitrogen and oxygen atoms in total. The van der Waals surface area contributed by atoms with Crippen LogP contribution < -0.4 is 10.5 Å². The molecule has 2 saturated heterocycles. The largest absolute Gasteiger partial charge is 0.395 e. The normalized spacial score (nSPS) is 18.4. The van der Waals surface area contributed by atoms with E-state index in [-0.39, 0.29) is 18.1 Å². The number of benzene rings is 1. The molecule has 2 aromatic rings. The first-order valence-electron chi connectivity index (χ1n) is 12.4. The quantitative estimate of drug-likeness (QED) is 0.312. The van der Waals surface area contributed by atoms with Crippen LogP contribution >= 0.6 is 24.0 Å². The molecular weight excluding hydrogens is 480 g/mol. The van der Waals surface area contributed by atoms with Gasteiger partial charge < -0.3 is 14.6 Å². The van der Waals surface area contributed by atoms with Gasteiger partial charge in [-0.3, -0.25) is 19.4 Å². The molecule has 2 aliphatic rings. The van der Waals surface area contributed by atoms with E-state index in [0.717, 1.165) is 68.5 Å². The topological polar surface area (TPSA) is 69.0 Å². The summed E-state index contributed by atoms with van der Waals surface area (Å²) in [7, 11) is 1.78. The van der Waals surface area contributed by atoms with Gasteiger partial charge in [0.25, 0.3) is 11.5 Å². The lowest BCUT2D eigenvalue weighted by Crippen LogP contribution is -2.48. The van der Waals surface area contributed by atoms with Crippen LogP contribution in [0.1, 0.15) is 38.2 Å². The number of aliphatic hydroxyl groups is 1. The predicted octanol–water partition coefficient (Wildman–Crippen LogP) is 3.43. The Kier molecular flexibility index (Phi) is 8.64. The molecule has 35 heavy (non-hydrogen) atoms. The summed E-state index contributed by atoms with van der Waals surface area (Å²) in [5, 5.41) is 10.3. The molecule has 2 fully saturated rings. The minimum atomic E-state index is -0.121. The number of nitrogens with zero attached hydrogens (tertiary/aromatic N) is 4. The number of anilines is 1. The second-order valence-electron chi connectivity index (χ2n) is 9.09. The number of hydrogen-bond acceptors (Lipinski definition) is 7. The number of aryl methyl sites for hydroxylation is 1. The van der Waals surface area contributed by atoms with Crippen LogP contribution in [0.3, 0.4) is 0 Å². The molecule has 2 aliphatic heterocycles. The van der Waals surface area contributed by atoms with E-state index in [9.17, 15) is 14.7 Å². The maximum absolute atomic E-state index is 13.6. The number of aliphatic hydroxyl groups excluding tert-OH is 1. The van der Waals surface area contributed by atoms with Gasteiger partial charge in [0.1, 0.15) is 4.32 Å². The molecule has 9 heteroatoms. The number of unbranched alkanes of at least 4 members (excludes halogenated alkanes) is 3. The van der Waals surface area contributed by atoms with Crippen LogP contribution in [0.15, 0.2) is 34.0 Å². The number of hydrogen-bond donors (Lipinski definition) is 1. The Morgan fingerprint density at radius 1 is 1.06 bits per heavy atom. The van der Waals surface area contributed by atoms with Crippen LogP contribution in [-0.4, -0.2) is 75.6 Å². The number of thioether (sulfide) groups is 1. The lowest BCUT2D eigenvalue weighted by molar-refractivity contribution is -0.122. The van der Waals surface area contributed by atoms with E-state index in [4.69, 9.17) is 12.2 Å². The van der Waals surface area contributed by atoms with Crippen molar-refractivity contribution in [3.05, 3.63) is 45.1 Å². The highest BCUT2D eigenvalue weighted by Gasteiger charge is 2.33. The van der Waals surface area contributed by atoms with Gasteiger partial charge in [0.15, 0.2) is 0 Å². The number of carbonyl (C=O) groups is 1. The van der Waals surface area contributed by atoms with E-state index >= 15 is 0 Å². The molecule has 0 unspecified atom stereocenters. The van der Waals surface area contributed by atoms with E-state index in [1.807, 2.05) is 24.3 Å². The minimum absolute atomic E-state index is 0.106. The maximum atomic E-state index is 13.6. The number of amides is 1. The number of piperazine rings is 1. The van der Waals surface area contributed by atoms with Crippen molar-refractivity contribution < 1.29 is 9.90 Å². The molecular formula is C26H34N4O3S2. The van der Waals surface area contributed by atoms with Gasteiger partial charge in [-0.1, -0.05) is 68.4 Å². The molecule has 0 saturated carbocycles. The summed E-state index contributed by atoms with van der Waals surface area (Å²) in [4.78, 5) is 33.5. The van der Waals surface area contributed by atoms with E-state index in [1.165, 1.54) is 11.8 Å². The van der Waals surface area contributed by atoms with Gasteiger partial charge in [-0.2, -0.15) is 0 Å². The average molecular weight is 515 g/mol. The average Bonchev–Trinajstić information content (AvgIpc) is 3.13. The van der Waals surface area contributed by atoms with Crippen molar-refractivity contribution in [1.29, 1.82) is 0 Å². The minimum Gasteiger partial charge on any atom is -0.395 e. The molecule has 3 heterocycles. The lowest BCUT2D eigenvalue weighted by atomic mass is 10.1. The van der Waals surface area contributed by atoms with Gasteiger partial charge in [-0.05, 0) is 18.6 Å². The fourth-order valence-electron chi connectivity index (χ4n) is 4.83. The third-order valence-corrected chi connectivity index (χ3v) is 8.18. The van der Waals surface area contributed by atoms with Crippen molar-refractivity contribution in [3.63, 3.8) is 0 Å². The molecule has 0 aliphatic carbocycles. The summed E-state index contributed by atoms with van der Waals surface area (Å²) in [6.07, 6.45) is 6.04. The molecule has 188 valence electrons. The van der Waals surface area contributed by atoms with Crippen LogP contribution in [0, 0.1) is 0 Å². The Balaban J connectivity index is 1.72. The highest BCUT2D eigenvalue weighted by Crippen LogP contribution is 2.36. The fraction of sp³-hybridized carbons (Fsp3) is 0.500. The number of β-amino-alcohol motifs (C(OH)–C–C–N with tert-alkyl or cyclic N) is 1. The van der Waals surface area contributed by atoms with Crippen molar-refractivity contribution in [1.82, 2.24) is 14.4 Å².